The van der Waals surface area contributed by atoms with E-state index in [1.54, 1.807) is 11.8 Å². The monoisotopic (exact) mass is 227 g/mol. The van der Waals surface area contributed by atoms with Gasteiger partial charge in [0.2, 0.25) is 5.91 Å². The Morgan fingerprint density at radius 3 is 2.47 bits per heavy atom. The number of piperidine rings is 1. The maximum atomic E-state index is 11.0. The van der Waals surface area contributed by atoms with Gasteiger partial charge < -0.3 is 5.73 Å². The smallest absolute Gasteiger partial charge is 0.234 e. The van der Waals surface area contributed by atoms with E-state index in [0.29, 0.717) is 0 Å². The van der Waals surface area contributed by atoms with Gasteiger partial charge in [0.1, 0.15) is 4.75 Å². The molecule has 4 nitrogen and oxygen atoms in total. The van der Waals surface area contributed by atoms with E-state index in [1.807, 2.05) is 18.1 Å². The Hall–Kier alpha value is -0.730. The highest BCUT2D eigenvalue weighted by Crippen LogP contribution is 2.34. The van der Waals surface area contributed by atoms with E-state index in [0.717, 1.165) is 25.9 Å². The third-order valence-corrected chi connectivity index (χ3v) is 4.44. The van der Waals surface area contributed by atoms with Crippen molar-refractivity contribution in [2.75, 3.05) is 19.3 Å². The molecule has 84 valence electrons. The van der Waals surface area contributed by atoms with E-state index < -0.39 is 0 Å². The molecule has 0 aromatic heterocycles. The molecular formula is C10H17N3OS. The summed E-state index contributed by atoms with van der Waals surface area (Å²) in [4.78, 5) is 13.1. The molecule has 0 aromatic carbocycles. The van der Waals surface area contributed by atoms with Crippen molar-refractivity contribution >= 4 is 17.7 Å². The topological polar surface area (TPSA) is 70.1 Å². The zero-order chi connectivity index (χ0) is 11.5. The molecule has 0 radical (unpaired) electrons. The molecule has 5 heteroatoms. The van der Waals surface area contributed by atoms with Crippen LogP contribution in [-0.4, -0.2) is 40.9 Å². The first-order valence-corrected chi connectivity index (χ1v) is 6.27. The summed E-state index contributed by atoms with van der Waals surface area (Å²) in [6, 6.07) is 2.16. The minimum Gasteiger partial charge on any atom is -0.368 e. The molecule has 15 heavy (non-hydrogen) atoms. The Bertz CT molecular complexity index is 279. The highest BCUT2D eigenvalue weighted by molar-refractivity contribution is 8.00. The van der Waals surface area contributed by atoms with Crippen molar-refractivity contribution in [3.8, 4) is 6.07 Å². The van der Waals surface area contributed by atoms with Gasteiger partial charge in [0.25, 0.3) is 0 Å². The summed E-state index contributed by atoms with van der Waals surface area (Å²) in [5, 5.41) is 9.09. The number of hydrogen-bond donors (Lipinski definition) is 1. The van der Waals surface area contributed by atoms with E-state index in [2.05, 4.69) is 6.07 Å². The summed E-state index contributed by atoms with van der Waals surface area (Å²) in [5.74, 6) is -0.288. The molecule has 1 atom stereocenters. The fraction of sp³-hybridized carbons (Fsp3) is 0.800. The molecule has 1 aliphatic rings. The summed E-state index contributed by atoms with van der Waals surface area (Å²) in [7, 11) is 0. The van der Waals surface area contributed by atoms with Gasteiger partial charge in [-0.05, 0) is 26.0 Å². The number of nitriles is 1. The Labute approximate surface area is 94.8 Å². The Morgan fingerprint density at radius 1 is 1.60 bits per heavy atom. The van der Waals surface area contributed by atoms with Crippen LogP contribution in [0.2, 0.25) is 0 Å². The zero-order valence-corrected chi connectivity index (χ0v) is 10.0. The van der Waals surface area contributed by atoms with Crippen molar-refractivity contribution in [3.05, 3.63) is 0 Å². The second kappa shape index (κ2) is 4.86. The predicted octanol–water partition coefficient (Wildman–Crippen LogP) is 0.581. The molecular weight excluding hydrogens is 210 g/mol. The lowest BCUT2D eigenvalue weighted by Crippen LogP contribution is -2.49. The van der Waals surface area contributed by atoms with E-state index >= 15 is 0 Å². The van der Waals surface area contributed by atoms with Crippen molar-refractivity contribution in [2.45, 2.75) is 30.6 Å². The van der Waals surface area contributed by atoms with E-state index in [-0.39, 0.29) is 16.7 Å². The molecule has 1 saturated heterocycles. The third-order valence-electron chi connectivity index (χ3n) is 3.16. The summed E-state index contributed by atoms with van der Waals surface area (Å²) < 4.78 is -0.256. The predicted molar refractivity (Wildman–Crippen MR) is 61.3 cm³/mol. The van der Waals surface area contributed by atoms with E-state index in [4.69, 9.17) is 11.0 Å². The molecule has 0 spiro atoms. The quantitative estimate of drug-likeness (QED) is 0.765. The number of likely N-dealkylation sites (tertiary alicyclic amines) is 1. The van der Waals surface area contributed by atoms with Gasteiger partial charge in [-0.3, -0.25) is 9.69 Å². The van der Waals surface area contributed by atoms with Gasteiger partial charge in [0, 0.05) is 13.1 Å². The van der Waals surface area contributed by atoms with Crippen LogP contribution < -0.4 is 5.73 Å². The van der Waals surface area contributed by atoms with Crippen LogP contribution in [0.15, 0.2) is 0 Å². The summed E-state index contributed by atoms with van der Waals surface area (Å²) in [6.45, 7) is 3.37. The maximum absolute atomic E-state index is 11.0. The second-order valence-corrected chi connectivity index (χ2v) is 5.11. The SMILES string of the molecule is CSC1(C#N)CCN(C(C)C(N)=O)CC1. The lowest BCUT2D eigenvalue weighted by Gasteiger charge is -2.38. The van der Waals surface area contributed by atoms with Crippen LogP contribution in [-0.2, 0) is 4.79 Å². The van der Waals surface area contributed by atoms with Crippen molar-refractivity contribution < 1.29 is 4.79 Å². The largest absolute Gasteiger partial charge is 0.368 e. The normalized spacial score (nSPS) is 23.0. The fourth-order valence-corrected chi connectivity index (χ4v) is 2.50. The number of carbonyl (C=O) groups excluding carboxylic acids is 1. The average Bonchev–Trinajstić information content (AvgIpc) is 2.28. The van der Waals surface area contributed by atoms with Crippen LogP contribution in [0.3, 0.4) is 0 Å². The average molecular weight is 227 g/mol. The van der Waals surface area contributed by atoms with Crippen LogP contribution in [0.4, 0.5) is 0 Å². The first-order valence-electron chi connectivity index (χ1n) is 5.04. The summed E-state index contributed by atoms with van der Waals surface area (Å²) >= 11 is 1.61. The zero-order valence-electron chi connectivity index (χ0n) is 9.19. The van der Waals surface area contributed by atoms with Crippen LogP contribution in [0.1, 0.15) is 19.8 Å². The Morgan fingerprint density at radius 2 is 2.13 bits per heavy atom. The highest BCUT2D eigenvalue weighted by Gasteiger charge is 2.35. The van der Waals surface area contributed by atoms with Gasteiger partial charge >= 0.3 is 0 Å². The van der Waals surface area contributed by atoms with Gasteiger partial charge in [-0.25, -0.2) is 0 Å². The van der Waals surface area contributed by atoms with Crippen molar-refractivity contribution in [3.63, 3.8) is 0 Å². The minimum atomic E-state index is -0.288. The molecule has 1 unspecified atom stereocenters. The number of rotatable bonds is 3. The minimum absolute atomic E-state index is 0.219. The molecule has 1 heterocycles. The lowest BCUT2D eigenvalue weighted by atomic mass is 9.96. The third kappa shape index (κ3) is 2.64. The van der Waals surface area contributed by atoms with Crippen LogP contribution in [0.5, 0.6) is 0 Å². The number of hydrogen-bond acceptors (Lipinski definition) is 4. The number of thioether (sulfide) groups is 1. The molecule has 0 aliphatic carbocycles. The summed E-state index contributed by atoms with van der Waals surface area (Å²) in [6.07, 6.45) is 3.58. The van der Waals surface area contributed by atoms with Gasteiger partial charge in [0.15, 0.2) is 0 Å². The number of amides is 1. The summed E-state index contributed by atoms with van der Waals surface area (Å²) in [5.41, 5.74) is 5.25. The van der Waals surface area contributed by atoms with Crippen molar-refractivity contribution in [1.29, 1.82) is 5.26 Å². The Balaban J connectivity index is 2.56. The second-order valence-electron chi connectivity index (χ2n) is 3.92. The van der Waals surface area contributed by atoms with Gasteiger partial charge in [-0.15, -0.1) is 11.8 Å². The number of primary amides is 1. The molecule has 2 N–H and O–H groups in total. The highest BCUT2D eigenvalue weighted by atomic mass is 32.2. The first kappa shape index (κ1) is 12.3. The number of carbonyl (C=O) groups is 1. The number of nitrogens with two attached hydrogens (primary N) is 1. The van der Waals surface area contributed by atoms with Gasteiger partial charge in [0.05, 0.1) is 12.1 Å². The molecule has 0 saturated carbocycles. The van der Waals surface area contributed by atoms with Gasteiger partial charge in [-0.1, -0.05) is 0 Å². The molecule has 1 aliphatic heterocycles. The molecule has 0 bridgehead atoms. The van der Waals surface area contributed by atoms with E-state index in [1.165, 1.54) is 0 Å². The molecule has 1 amide bonds. The molecule has 1 fully saturated rings. The van der Waals surface area contributed by atoms with Crippen LogP contribution >= 0.6 is 11.8 Å². The van der Waals surface area contributed by atoms with Gasteiger partial charge in [-0.2, -0.15) is 5.26 Å². The van der Waals surface area contributed by atoms with Crippen LogP contribution in [0, 0.1) is 11.3 Å². The van der Waals surface area contributed by atoms with Crippen molar-refractivity contribution in [2.24, 2.45) is 5.73 Å². The van der Waals surface area contributed by atoms with E-state index in [9.17, 15) is 4.79 Å². The standard InChI is InChI=1S/C10H17N3OS/c1-8(9(12)14)13-5-3-10(7-11,15-2)4-6-13/h8H,3-6H2,1-2H3,(H2,12,14). The molecule has 0 aromatic rings. The lowest BCUT2D eigenvalue weighted by molar-refractivity contribution is -0.123. The first-order chi connectivity index (χ1) is 7.04. The van der Waals surface area contributed by atoms with Crippen LogP contribution in [0.25, 0.3) is 0 Å². The van der Waals surface area contributed by atoms with Crippen molar-refractivity contribution in [1.82, 2.24) is 4.90 Å². The maximum Gasteiger partial charge on any atom is 0.234 e. The molecule has 1 rings (SSSR count). The fourth-order valence-electron chi connectivity index (χ4n) is 1.81. The Kier molecular flexibility index (Phi) is 4.00. The number of nitrogens with zero attached hydrogens (tertiary/aromatic N) is 2.